The van der Waals surface area contributed by atoms with Crippen LogP contribution in [0.3, 0.4) is 0 Å². The van der Waals surface area contributed by atoms with Crippen molar-refractivity contribution in [1.29, 1.82) is 0 Å². The predicted molar refractivity (Wildman–Crippen MR) is 68.1 cm³/mol. The summed E-state index contributed by atoms with van der Waals surface area (Å²) in [6.07, 6.45) is -2.05. The summed E-state index contributed by atoms with van der Waals surface area (Å²) in [5.41, 5.74) is 5.39. The third-order valence-corrected chi connectivity index (χ3v) is 2.73. The van der Waals surface area contributed by atoms with Crippen molar-refractivity contribution in [1.82, 2.24) is 4.98 Å². The van der Waals surface area contributed by atoms with E-state index in [0.29, 0.717) is 5.56 Å². The number of nitrogens with two attached hydrogens (primary N) is 1. The Morgan fingerprint density at radius 3 is 2.50 bits per heavy atom. The molecule has 2 N–H and O–H groups in total. The second kappa shape index (κ2) is 5.92. The summed E-state index contributed by atoms with van der Waals surface area (Å²) in [6, 6.07) is 8.45. The van der Waals surface area contributed by atoms with E-state index in [1.165, 1.54) is 24.4 Å². The highest BCUT2D eigenvalue weighted by Gasteiger charge is 2.34. The average molecular weight is 282 g/mol. The van der Waals surface area contributed by atoms with E-state index in [1.807, 2.05) is 0 Å². The number of hydrogen-bond donors (Lipinski definition) is 1. The molecule has 0 aliphatic carbocycles. The van der Waals surface area contributed by atoms with Gasteiger partial charge >= 0.3 is 6.18 Å². The number of alkyl halides is 3. The molecular weight excluding hydrogens is 269 g/mol. The first-order chi connectivity index (χ1) is 9.52. The molecule has 0 amide bonds. The minimum Gasteiger partial charge on any atom is -0.484 e. The van der Waals surface area contributed by atoms with E-state index >= 15 is 0 Å². The SMILES string of the molecule is NCC(Oc1ccccc1C(F)(F)F)c1cccnc1. The van der Waals surface area contributed by atoms with Gasteiger partial charge < -0.3 is 10.5 Å². The van der Waals surface area contributed by atoms with E-state index in [9.17, 15) is 13.2 Å². The molecule has 1 atom stereocenters. The second-order valence-corrected chi connectivity index (χ2v) is 4.12. The number of rotatable bonds is 4. The molecule has 1 heterocycles. The number of ether oxygens (including phenoxy) is 1. The Morgan fingerprint density at radius 2 is 1.90 bits per heavy atom. The lowest BCUT2D eigenvalue weighted by Gasteiger charge is -2.20. The standard InChI is InChI=1S/C14H13F3N2O/c15-14(16,17)11-5-1-2-6-12(11)20-13(8-18)10-4-3-7-19-9-10/h1-7,9,13H,8,18H2. The van der Waals surface area contributed by atoms with Crippen LogP contribution in [0.15, 0.2) is 48.8 Å². The highest BCUT2D eigenvalue weighted by Crippen LogP contribution is 2.37. The minimum atomic E-state index is -4.47. The first-order valence-corrected chi connectivity index (χ1v) is 5.95. The summed E-state index contributed by atoms with van der Waals surface area (Å²) < 4.78 is 44.1. The number of nitrogens with zero attached hydrogens (tertiary/aromatic N) is 1. The molecule has 0 saturated heterocycles. The molecule has 20 heavy (non-hydrogen) atoms. The van der Waals surface area contributed by atoms with Crippen molar-refractivity contribution in [2.45, 2.75) is 12.3 Å². The number of halogens is 3. The third-order valence-electron chi connectivity index (χ3n) is 2.73. The van der Waals surface area contributed by atoms with Crippen LogP contribution >= 0.6 is 0 Å². The molecule has 0 aliphatic rings. The quantitative estimate of drug-likeness (QED) is 0.937. The molecule has 2 rings (SSSR count). The van der Waals surface area contributed by atoms with Crippen molar-refractivity contribution in [3.63, 3.8) is 0 Å². The first-order valence-electron chi connectivity index (χ1n) is 5.95. The van der Waals surface area contributed by atoms with E-state index in [1.54, 1.807) is 18.3 Å². The maximum Gasteiger partial charge on any atom is 0.419 e. The van der Waals surface area contributed by atoms with Gasteiger partial charge in [0.1, 0.15) is 11.9 Å². The lowest BCUT2D eigenvalue weighted by molar-refractivity contribution is -0.139. The summed E-state index contributed by atoms with van der Waals surface area (Å²) in [5, 5.41) is 0. The Labute approximate surface area is 114 Å². The topological polar surface area (TPSA) is 48.1 Å². The van der Waals surface area contributed by atoms with Gasteiger partial charge in [0.2, 0.25) is 0 Å². The molecule has 3 nitrogen and oxygen atoms in total. The minimum absolute atomic E-state index is 0.0535. The van der Waals surface area contributed by atoms with Gasteiger partial charge in [-0.2, -0.15) is 13.2 Å². The maximum atomic E-state index is 12.9. The second-order valence-electron chi connectivity index (χ2n) is 4.12. The molecule has 0 saturated carbocycles. The zero-order valence-electron chi connectivity index (χ0n) is 10.5. The van der Waals surface area contributed by atoms with Gasteiger partial charge in [0.05, 0.1) is 5.56 Å². The van der Waals surface area contributed by atoms with E-state index in [4.69, 9.17) is 10.5 Å². The Balaban J connectivity index is 2.29. The molecule has 0 radical (unpaired) electrons. The van der Waals surface area contributed by atoms with Crippen LogP contribution in [-0.4, -0.2) is 11.5 Å². The van der Waals surface area contributed by atoms with Crippen molar-refractivity contribution in [3.8, 4) is 5.75 Å². The molecule has 1 aromatic heterocycles. The molecule has 0 spiro atoms. The van der Waals surface area contributed by atoms with E-state index in [0.717, 1.165) is 6.07 Å². The summed E-state index contributed by atoms with van der Waals surface area (Å²) in [6.45, 7) is 0.0535. The van der Waals surface area contributed by atoms with Gasteiger partial charge in [-0.3, -0.25) is 4.98 Å². The monoisotopic (exact) mass is 282 g/mol. The zero-order valence-corrected chi connectivity index (χ0v) is 10.5. The van der Waals surface area contributed by atoms with Gasteiger partial charge in [-0.05, 0) is 18.2 Å². The lowest BCUT2D eigenvalue weighted by Crippen LogP contribution is -2.20. The van der Waals surface area contributed by atoms with Gasteiger partial charge in [0.25, 0.3) is 0 Å². The van der Waals surface area contributed by atoms with Crippen LogP contribution in [0.2, 0.25) is 0 Å². The van der Waals surface area contributed by atoms with Crippen LogP contribution in [-0.2, 0) is 6.18 Å². The van der Waals surface area contributed by atoms with Gasteiger partial charge in [0, 0.05) is 24.5 Å². The fourth-order valence-corrected chi connectivity index (χ4v) is 1.78. The number of para-hydroxylation sites is 1. The molecule has 0 bridgehead atoms. The van der Waals surface area contributed by atoms with Crippen LogP contribution < -0.4 is 10.5 Å². The van der Waals surface area contributed by atoms with Gasteiger partial charge in [-0.25, -0.2) is 0 Å². The van der Waals surface area contributed by atoms with Crippen LogP contribution in [0.25, 0.3) is 0 Å². The smallest absolute Gasteiger partial charge is 0.419 e. The Bertz CT molecular complexity index is 558. The zero-order chi connectivity index (χ0) is 14.6. The summed E-state index contributed by atoms with van der Waals surface area (Å²) >= 11 is 0. The fraction of sp³-hybridized carbons (Fsp3) is 0.214. The maximum absolute atomic E-state index is 12.9. The van der Waals surface area contributed by atoms with Gasteiger partial charge in [-0.1, -0.05) is 18.2 Å². The Morgan fingerprint density at radius 1 is 1.15 bits per heavy atom. The number of hydrogen-bond acceptors (Lipinski definition) is 3. The van der Waals surface area contributed by atoms with Crippen LogP contribution in [0.5, 0.6) is 5.75 Å². The van der Waals surface area contributed by atoms with Crippen LogP contribution in [0.1, 0.15) is 17.2 Å². The molecule has 2 aromatic rings. The average Bonchev–Trinajstić information content (AvgIpc) is 2.45. The van der Waals surface area contributed by atoms with E-state index in [-0.39, 0.29) is 12.3 Å². The number of pyridine rings is 1. The normalized spacial score (nSPS) is 13.0. The largest absolute Gasteiger partial charge is 0.484 e. The van der Waals surface area contributed by atoms with Crippen molar-refractivity contribution in [2.75, 3.05) is 6.54 Å². The van der Waals surface area contributed by atoms with E-state index < -0.39 is 17.8 Å². The highest BCUT2D eigenvalue weighted by atomic mass is 19.4. The van der Waals surface area contributed by atoms with Crippen LogP contribution in [0.4, 0.5) is 13.2 Å². The van der Waals surface area contributed by atoms with Gasteiger partial charge in [-0.15, -0.1) is 0 Å². The first kappa shape index (κ1) is 14.3. The summed E-state index contributed by atoms with van der Waals surface area (Å²) in [4.78, 5) is 3.91. The molecule has 106 valence electrons. The Hall–Kier alpha value is -2.08. The van der Waals surface area contributed by atoms with E-state index in [2.05, 4.69) is 4.98 Å². The molecular formula is C14H13F3N2O. The summed E-state index contributed by atoms with van der Waals surface area (Å²) in [7, 11) is 0. The number of aromatic nitrogens is 1. The van der Waals surface area contributed by atoms with Crippen molar-refractivity contribution >= 4 is 0 Å². The van der Waals surface area contributed by atoms with Crippen molar-refractivity contribution < 1.29 is 17.9 Å². The molecule has 1 aromatic carbocycles. The predicted octanol–water partition coefficient (Wildman–Crippen LogP) is 3.18. The fourth-order valence-electron chi connectivity index (χ4n) is 1.78. The molecule has 0 fully saturated rings. The highest BCUT2D eigenvalue weighted by molar-refractivity contribution is 5.36. The number of benzene rings is 1. The molecule has 0 aliphatic heterocycles. The van der Waals surface area contributed by atoms with Gasteiger partial charge in [0.15, 0.2) is 0 Å². The molecule has 1 unspecified atom stereocenters. The molecule has 6 heteroatoms. The Kier molecular flexibility index (Phi) is 4.24. The van der Waals surface area contributed by atoms with Crippen LogP contribution in [0, 0.1) is 0 Å². The van der Waals surface area contributed by atoms with Crippen molar-refractivity contribution in [2.24, 2.45) is 5.73 Å². The third kappa shape index (κ3) is 3.27. The lowest BCUT2D eigenvalue weighted by atomic mass is 10.1. The van der Waals surface area contributed by atoms with Crippen molar-refractivity contribution in [3.05, 3.63) is 59.9 Å². The summed E-state index contributed by atoms with van der Waals surface area (Å²) in [5.74, 6) is -0.237.